The van der Waals surface area contributed by atoms with Crippen LogP contribution < -0.4 is 0 Å². The minimum atomic E-state index is 0.212. The van der Waals surface area contributed by atoms with Crippen LogP contribution in [0.4, 0.5) is 0 Å². The molecule has 1 aromatic rings. The largest absolute Gasteiger partial charge is 0.396 e. The highest BCUT2D eigenvalue weighted by atomic mass is 16.3. The predicted molar refractivity (Wildman–Crippen MR) is 55.2 cm³/mol. The first-order valence-electron chi connectivity index (χ1n) is 5.44. The van der Waals surface area contributed by atoms with Crippen LogP contribution >= 0.6 is 0 Å². The molecule has 0 aromatic carbocycles. The molecular formula is C11H18N2O. The average Bonchev–Trinajstić information content (AvgIpc) is 2.77. The van der Waals surface area contributed by atoms with Gasteiger partial charge in [0, 0.05) is 37.9 Å². The van der Waals surface area contributed by atoms with E-state index in [9.17, 15) is 0 Å². The third kappa shape index (κ3) is 1.69. The Morgan fingerprint density at radius 2 is 2.21 bits per heavy atom. The van der Waals surface area contributed by atoms with Gasteiger partial charge in [0.2, 0.25) is 0 Å². The van der Waals surface area contributed by atoms with E-state index in [4.69, 9.17) is 5.11 Å². The molecule has 0 amide bonds. The molecule has 1 saturated carbocycles. The lowest BCUT2D eigenvalue weighted by molar-refractivity contribution is 0.296. The molecule has 0 bridgehead atoms. The fraction of sp³-hybridized carbons (Fsp3) is 0.727. The molecular weight excluding hydrogens is 176 g/mol. The maximum Gasteiger partial charge on any atom is 0.111 e. The summed E-state index contributed by atoms with van der Waals surface area (Å²) in [7, 11) is 2.06. The zero-order chi connectivity index (χ0) is 9.97. The van der Waals surface area contributed by atoms with Gasteiger partial charge < -0.3 is 9.67 Å². The Hall–Kier alpha value is -0.830. The second-order valence-corrected chi connectivity index (χ2v) is 4.12. The fourth-order valence-electron chi connectivity index (χ4n) is 2.37. The Morgan fingerprint density at radius 1 is 1.50 bits per heavy atom. The van der Waals surface area contributed by atoms with Crippen molar-refractivity contribution in [1.82, 2.24) is 9.55 Å². The smallest absolute Gasteiger partial charge is 0.111 e. The molecule has 3 heteroatoms. The number of aromatic nitrogens is 2. The van der Waals surface area contributed by atoms with Crippen molar-refractivity contribution in [2.45, 2.75) is 38.0 Å². The summed E-state index contributed by atoms with van der Waals surface area (Å²) < 4.78 is 2.16. The average molecular weight is 194 g/mol. The van der Waals surface area contributed by atoms with Crippen LogP contribution in [0.5, 0.6) is 0 Å². The van der Waals surface area contributed by atoms with Crippen LogP contribution in [0.15, 0.2) is 6.20 Å². The molecule has 2 rings (SSSR count). The summed E-state index contributed by atoms with van der Waals surface area (Å²) in [4.78, 5) is 4.47. The van der Waals surface area contributed by atoms with Crippen molar-refractivity contribution in [2.24, 2.45) is 7.05 Å². The van der Waals surface area contributed by atoms with Gasteiger partial charge in [-0.05, 0) is 12.8 Å². The third-order valence-electron chi connectivity index (χ3n) is 3.21. The molecule has 1 aliphatic carbocycles. The normalized spacial score (nSPS) is 17.9. The van der Waals surface area contributed by atoms with Crippen LogP contribution in [0.25, 0.3) is 0 Å². The summed E-state index contributed by atoms with van der Waals surface area (Å²) >= 11 is 0. The van der Waals surface area contributed by atoms with Gasteiger partial charge in [-0.1, -0.05) is 12.8 Å². The summed E-state index contributed by atoms with van der Waals surface area (Å²) in [6.07, 6.45) is 7.87. The van der Waals surface area contributed by atoms with Crippen molar-refractivity contribution in [1.29, 1.82) is 0 Å². The summed E-state index contributed by atoms with van der Waals surface area (Å²) in [5.41, 5.74) is 1.15. The highest BCUT2D eigenvalue weighted by Gasteiger charge is 2.21. The van der Waals surface area contributed by atoms with Gasteiger partial charge in [0.1, 0.15) is 5.82 Å². The van der Waals surface area contributed by atoms with Gasteiger partial charge >= 0.3 is 0 Å². The van der Waals surface area contributed by atoms with Crippen LogP contribution in [-0.4, -0.2) is 21.3 Å². The quantitative estimate of drug-likeness (QED) is 0.794. The molecule has 0 unspecified atom stereocenters. The summed E-state index contributed by atoms with van der Waals surface area (Å²) in [6, 6.07) is 0. The zero-order valence-corrected chi connectivity index (χ0v) is 8.74. The van der Waals surface area contributed by atoms with Crippen LogP contribution in [0.1, 0.15) is 43.1 Å². The van der Waals surface area contributed by atoms with E-state index in [1.807, 2.05) is 6.20 Å². The number of nitrogens with zero attached hydrogens (tertiary/aromatic N) is 2. The Bertz CT molecular complexity index is 300. The van der Waals surface area contributed by atoms with Crippen molar-refractivity contribution in [2.75, 3.05) is 6.61 Å². The standard InChI is InChI=1S/C11H18N2O/c1-13-10(6-7-14)8-12-11(13)9-4-2-3-5-9/h8-9,14H,2-7H2,1H3. The highest BCUT2D eigenvalue weighted by Crippen LogP contribution is 2.33. The summed E-state index contributed by atoms with van der Waals surface area (Å²) in [6.45, 7) is 0.212. The van der Waals surface area contributed by atoms with Gasteiger partial charge in [0.15, 0.2) is 0 Å². The topological polar surface area (TPSA) is 38.0 Å². The zero-order valence-electron chi connectivity index (χ0n) is 8.74. The Labute approximate surface area is 84.8 Å². The lowest BCUT2D eigenvalue weighted by atomic mass is 10.1. The van der Waals surface area contributed by atoms with Crippen molar-refractivity contribution >= 4 is 0 Å². The monoisotopic (exact) mass is 194 g/mol. The van der Waals surface area contributed by atoms with Gasteiger partial charge in [-0.3, -0.25) is 0 Å². The first-order valence-corrected chi connectivity index (χ1v) is 5.44. The van der Waals surface area contributed by atoms with Crippen molar-refractivity contribution < 1.29 is 5.11 Å². The maximum atomic E-state index is 8.88. The number of rotatable bonds is 3. The van der Waals surface area contributed by atoms with Crippen molar-refractivity contribution in [3.8, 4) is 0 Å². The van der Waals surface area contributed by atoms with Gasteiger partial charge in [0.25, 0.3) is 0 Å². The summed E-state index contributed by atoms with van der Waals surface area (Å²) in [5, 5.41) is 8.88. The van der Waals surface area contributed by atoms with Crippen LogP contribution in [0.2, 0.25) is 0 Å². The molecule has 1 N–H and O–H groups in total. The van der Waals surface area contributed by atoms with E-state index in [2.05, 4.69) is 16.6 Å². The lowest BCUT2D eigenvalue weighted by Gasteiger charge is -2.10. The van der Waals surface area contributed by atoms with E-state index in [1.54, 1.807) is 0 Å². The van der Waals surface area contributed by atoms with E-state index in [1.165, 1.54) is 31.5 Å². The molecule has 1 aliphatic rings. The molecule has 0 radical (unpaired) electrons. The molecule has 78 valence electrons. The number of aliphatic hydroxyl groups is 1. The van der Waals surface area contributed by atoms with Gasteiger partial charge in [0.05, 0.1) is 0 Å². The van der Waals surface area contributed by atoms with Crippen LogP contribution in [0.3, 0.4) is 0 Å². The van der Waals surface area contributed by atoms with E-state index in [-0.39, 0.29) is 6.61 Å². The van der Waals surface area contributed by atoms with E-state index in [0.717, 1.165) is 12.1 Å². The molecule has 0 atom stereocenters. The maximum absolute atomic E-state index is 8.88. The molecule has 14 heavy (non-hydrogen) atoms. The molecule has 1 heterocycles. The molecule has 1 aromatic heterocycles. The molecule has 0 spiro atoms. The first kappa shape index (κ1) is 9.71. The lowest BCUT2D eigenvalue weighted by Crippen LogP contribution is -2.06. The van der Waals surface area contributed by atoms with Crippen LogP contribution in [-0.2, 0) is 13.5 Å². The second kappa shape index (κ2) is 4.13. The Kier molecular flexibility index (Phi) is 2.87. The molecule has 0 aliphatic heterocycles. The fourth-order valence-corrected chi connectivity index (χ4v) is 2.37. The van der Waals surface area contributed by atoms with Gasteiger partial charge in [-0.2, -0.15) is 0 Å². The molecule has 0 saturated heterocycles. The van der Waals surface area contributed by atoms with E-state index < -0.39 is 0 Å². The molecule has 3 nitrogen and oxygen atoms in total. The highest BCUT2D eigenvalue weighted by molar-refractivity contribution is 5.10. The van der Waals surface area contributed by atoms with E-state index >= 15 is 0 Å². The second-order valence-electron chi connectivity index (χ2n) is 4.12. The van der Waals surface area contributed by atoms with E-state index in [0.29, 0.717) is 5.92 Å². The van der Waals surface area contributed by atoms with Crippen molar-refractivity contribution in [3.63, 3.8) is 0 Å². The SMILES string of the molecule is Cn1c(CCO)cnc1C1CCCC1. The Balaban J connectivity index is 2.17. The van der Waals surface area contributed by atoms with Crippen molar-refractivity contribution in [3.05, 3.63) is 17.7 Å². The third-order valence-corrected chi connectivity index (χ3v) is 3.21. The minimum Gasteiger partial charge on any atom is -0.396 e. The number of imidazole rings is 1. The predicted octanol–water partition coefficient (Wildman–Crippen LogP) is 1.61. The summed E-state index contributed by atoms with van der Waals surface area (Å²) in [5.74, 6) is 1.87. The first-order chi connectivity index (χ1) is 6.83. The number of hydrogen-bond acceptors (Lipinski definition) is 2. The molecule has 1 fully saturated rings. The van der Waals surface area contributed by atoms with Gasteiger partial charge in [-0.15, -0.1) is 0 Å². The van der Waals surface area contributed by atoms with Crippen LogP contribution in [0, 0.1) is 0 Å². The van der Waals surface area contributed by atoms with Gasteiger partial charge in [-0.25, -0.2) is 4.98 Å². The number of aliphatic hydroxyl groups excluding tert-OH is 1. The Morgan fingerprint density at radius 3 is 2.86 bits per heavy atom. The number of hydrogen-bond donors (Lipinski definition) is 1. The minimum absolute atomic E-state index is 0.212.